The van der Waals surface area contributed by atoms with Gasteiger partial charge in [-0.25, -0.2) is 9.59 Å². The van der Waals surface area contributed by atoms with Gasteiger partial charge in [-0.15, -0.1) is 0 Å². The minimum atomic E-state index is -0.341. The molecule has 0 saturated heterocycles. The first-order valence-corrected chi connectivity index (χ1v) is 25.6. The van der Waals surface area contributed by atoms with Crippen LogP contribution in [-0.4, -0.2) is 11.6 Å². The molecule has 0 amide bonds. The molecule has 0 fully saturated rings. The van der Waals surface area contributed by atoms with Crippen LogP contribution in [0.4, 0.5) is 0 Å². The summed E-state index contributed by atoms with van der Waals surface area (Å²) in [5.74, 6) is 0.522. The van der Waals surface area contributed by atoms with Crippen LogP contribution in [0.1, 0.15) is 216 Å². The second kappa shape index (κ2) is 34.1. The summed E-state index contributed by atoms with van der Waals surface area (Å²) in [6, 6.07) is 14.5. The smallest absolute Gasteiger partial charge is 0.336 e. The Labute approximate surface area is 386 Å². The molecule has 352 valence electrons. The molecule has 0 atom stereocenters. The molecular formula is C58H84O6. The summed E-state index contributed by atoms with van der Waals surface area (Å²) in [6.07, 6.45) is 44.4. The third kappa shape index (κ3) is 24.1. The number of carbonyl (C=O) groups is 2. The molecule has 0 radical (unpaired) electrons. The van der Waals surface area contributed by atoms with Crippen molar-refractivity contribution in [1.82, 2.24) is 0 Å². The Balaban J connectivity index is 0.000000340. The predicted octanol–water partition coefficient (Wildman–Crippen LogP) is 16.5. The maximum absolute atomic E-state index is 12.3. The fourth-order valence-corrected chi connectivity index (χ4v) is 8.38. The number of hydrogen-bond acceptors (Lipinski definition) is 6. The van der Waals surface area contributed by atoms with E-state index in [0.717, 1.165) is 58.7 Å². The van der Waals surface area contributed by atoms with Gasteiger partial charge in [0.2, 0.25) is 0 Å². The van der Waals surface area contributed by atoms with E-state index in [-0.39, 0.29) is 22.8 Å². The maximum atomic E-state index is 12.3. The van der Waals surface area contributed by atoms with Crippen LogP contribution >= 0.6 is 0 Å². The molecule has 2 aromatic heterocycles. The molecule has 0 aliphatic heterocycles. The molecule has 0 aliphatic rings. The lowest BCUT2D eigenvalue weighted by atomic mass is 10.0. The van der Waals surface area contributed by atoms with Gasteiger partial charge in [0, 0.05) is 48.6 Å². The van der Waals surface area contributed by atoms with Crippen molar-refractivity contribution in [2.24, 2.45) is 0 Å². The number of benzene rings is 2. The minimum absolute atomic E-state index is 0.261. The zero-order valence-electron chi connectivity index (χ0n) is 40.6. The topological polar surface area (TPSA) is 94.6 Å². The SMILES string of the molecule is CCCCCCCC/C=C/CCCCCCCC(=O)Cc1ccc2c(C)cc(=O)oc2c1.CCCCCCCC/C=C\CCCCCCCC(=O)Cc1ccc2c(C)cc(=O)oc2c1. The number of aryl methyl sites for hydroxylation is 2. The molecule has 0 bridgehead atoms. The summed E-state index contributed by atoms with van der Waals surface area (Å²) in [7, 11) is 0. The highest BCUT2D eigenvalue weighted by atomic mass is 16.4. The third-order valence-corrected chi connectivity index (χ3v) is 12.3. The fourth-order valence-electron chi connectivity index (χ4n) is 8.38. The van der Waals surface area contributed by atoms with Gasteiger partial charge < -0.3 is 8.83 Å². The second-order valence-electron chi connectivity index (χ2n) is 18.3. The Morgan fingerprint density at radius 2 is 0.734 bits per heavy atom. The molecule has 0 unspecified atom stereocenters. The van der Waals surface area contributed by atoms with Gasteiger partial charge in [-0.2, -0.15) is 0 Å². The van der Waals surface area contributed by atoms with E-state index >= 15 is 0 Å². The van der Waals surface area contributed by atoms with E-state index in [1.807, 2.05) is 50.2 Å². The van der Waals surface area contributed by atoms with Crippen molar-refractivity contribution in [3.63, 3.8) is 0 Å². The number of allylic oxidation sites excluding steroid dienone is 4. The number of carbonyl (C=O) groups excluding carboxylic acids is 2. The van der Waals surface area contributed by atoms with Crippen LogP contribution in [0.2, 0.25) is 0 Å². The average molecular weight is 877 g/mol. The predicted molar refractivity (Wildman–Crippen MR) is 271 cm³/mol. The summed E-state index contributed by atoms with van der Waals surface area (Å²) in [6.45, 7) is 8.33. The third-order valence-electron chi connectivity index (χ3n) is 12.3. The van der Waals surface area contributed by atoms with E-state index in [0.29, 0.717) is 36.8 Å². The Hall–Kier alpha value is -4.32. The lowest BCUT2D eigenvalue weighted by Gasteiger charge is -2.05. The summed E-state index contributed by atoms with van der Waals surface area (Å²) >= 11 is 0. The van der Waals surface area contributed by atoms with Gasteiger partial charge in [0.15, 0.2) is 0 Å². The quantitative estimate of drug-likeness (QED) is 0.0264. The largest absolute Gasteiger partial charge is 0.423 e. The molecular weight excluding hydrogens is 793 g/mol. The van der Waals surface area contributed by atoms with E-state index < -0.39 is 0 Å². The van der Waals surface area contributed by atoms with Crippen LogP contribution in [0, 0.1) is 13.8 Å². The van der Waals surface area contributed by atoms with Crippen molar-refractivity contribution in [2.45, 2.75) is 220 Å². The molecule has 4 aromatic rings. The highest BCUT2D eigenvalue weighted by molar-refractivity contribution is 5.85. The Kier molecular flexibility index (Phi) is 28.8. The molecule has 0 spiro atoms. The summed E-state index contributed by atoms with van der Waals surface area (Å²) < 4.78 is 10.6. The van der Waals surface area contributed by atoms with Gasteiger partial charge in [-0.3, -0.25) is 9.59 Å². The molecule has 0 saturated carbocycles. The molecule has 2 heterocycles. The monoisotopic (exact) mass is 877 g/mol. The first-order chi connectivity index (χ1) is 31.2. The van der Waals surface area contributed by atoms with Gasteiger partial charge in [0.05, 0.1) is 0 Å². The lowest BCUT2D eigenvalue weighted by Crippen LogP contribution is -2.03. The number of Topliss-reactive ketones (excluding diaryl/α,β-unsaturated/α-hetero) is 2. The van der Waals surface area contributed by atoms with Crippen molar-refractivity contribution in [2.75, 3.05) is 0 Å². The van der Waals surface area contributed by atoms with Crippen LogP contribution in [0.25, 0.3) is 21.9 Å². The Morgan fingerprint density at radius 3 is 1.08 bits per heavy atom. The average Bonchev–Trinajstić information content (AvgIpc) is 3.26. The summed E-state index contributed by atoms with van der Waals surface area (Å²) in [5, 5.41) is 1.86. The highest BCUT2D eigenvalue weighted by Gasteiger charge is 2.09. The molecule has 6 heteroatoms. The normalized spacial score (nSPS) is 11.6. The minimum Gasteiger partial charge on any atom is -0.423 e. The lowest BCUT2D eigenvalue weighted by molar-refractivity contribution is -0.119. The molecule has 0 aliphatic carbocycles. The maximum Gasteiger partial charge on any atom is 0.336 e. The van der Waals surface area contributed by atoms with Crippen LogP contribution in [0.5, 0.6) is 0 Å². The number of fused-ring (bicyclic) bond motifs is 2. The number of hydrogen-bond donors (Lipinski definition) is 0. The van der Waals surface area contributed by atoms with E-state index in [9.17, 15) is 19.2 Å². The molecule has 0 N–H and O–H groups in total. The summed E-state index contributed by atoms with van der Waals surface area (Å²) in [5.41, 5.74) is 4.11. The number of rotatable bonds is 34. The van der Waals surface area contributed by atoms with Crippen LogP contribution in [0.3, 0.4) is 0 Å². The van der Waals surface area contributed by atoms with E-state index in [1.54, 1.807) is 0 Å². The van der Waals surface area contributed by atoms with Gasteiger partial charge >= 0.3 is 11.3 Å². The number of ketones is 2. The van der Waals surface area contributed by atoms with Gasteiger partial charge in [-0.05, 0) is 112 Å². The molecule has 64 heavy (non-hydrogen) atoms. The van der Waals surface area contributed by atoms with Gasteiger partial charge in [0.1, 0.15) is 22.7 Å². The Morgan fingerprint density at radius 1 is 0.422 bits per heavy atom. The highest BCUT2D eigenvalue weighted by Crippen LogP contribution is 2.21. The van der Waals surface area contributed by atoms with E-state index in [1.165, 1.54) is 153 Å². The van der Waals surface area contributed by atoms with Crippen LogP contribution < -0.4 is 11.3 Å². The fraction of sp³-hybridized carbons (Fsp3) is 0.586. The van der Waals surface area contributed by atoms with E-state index in [4.69, 9.17) is 8.83 Å². The first-order valence-electron chi connectivity index (χ1n) is 25.6. The molecule has 4 rings (SSSR count). The van der Waals surface area contributed by atoms with Crippen molar-refractivity contribution >= 4 is 33.5 Å². The standard InChI is InChI=1S/2C29H42O3/c2*1-3-4-5-6-7-8-9-10-11-12-13-14-15-16-17-18-26(30)22-25-19-20-27-24(2)21-29(31)32-28(27)23-25/h2*10-11,19-21,23H,3-9,12-18,22H2,1-2H3/b11-10+;11-10-. The van der Waals surface area contributed by atoms with Crippen molar-refractivity contribution < 1.29 is 18.4 Å². The van der Waals surface area contributed by atoms with Crippen molar-refractivity contribution in [1.29, 1.82) is 0 Å². The zero-order chi connectivity index (χ0) is 46.0. The van der Waals surface area contributed by atoms with Crippen molar-refractivity contribution in [3.05, 3.63) is 116 Å². The Bertz CT molecular complexity index is 1930. The van der Waals surface area contributed by atoms with Crippen LogP contribution in [-0.2, 0) is 22.4 Å². The van der Waals surface area contributed by atoms with E-state index in [2.05, 4.69) is 38.2 Å². The summed E-state index contributed by atoms with van der Waals surface area (Å²) in [4.78, 5) is 47.8. The second-order valence-corrected chi connectivity index (χ2v) is 18.3. The van der Waals surface area contributed by atoms with Gasteiger partial charge in [-0.1, -0.05) is 165 Å². The zero-order valence-corrected chi connectivity index (χ0v) is 40.6. The first kappa shape index (κ1) is 54.0. The molecule has 2 aromatic carbocycles. The van der Waals surface area contributed by atoms with Gasteiger partial charge in [0.25, 0.3) is 0 Å². The van der Waals surface area contributed by atoms with Crippen molar-refractivity contribution in [3.8, 4) is 0 Å². The molecule has 6 nitrogen and oxygen atoms in total. The van der Waals surface area contributed by atoms with Crippen LogP contribution in [0.15, 0.2) is 91.3 Å². The number of unbranched alkanes of at least 4 members (excludes halogenated alkanes) is 22.